The molecule has 29 heavy (non-hydrogen) atoms. The van der Waals surface area contributed by atoms with Crippen LogP contribution in [0.5, 0.6) is 11.6 Å². The second-order valence-electron chi connectivity index (χ2n) is 8.61. The third kappa shape index (κ3) is 4.29. The normalized spacial score (nSPS) is 11.7. The van der Waals surface area contributed by atoms with Gasteiger partial charge in [-0.15, -0.1) is 0 Å². The van der Waals surface area contributed by atoms with Gasteiger partial charge in [0.15, 0.2) is 0 Å². The number of rotatable bonds is 4. The topological polar surface area (TPSA) is 74.5 Å². The molecule has 3 rings (SSSR count). The fourth-order valence-electron chi connectivity index (χ4n) is 3.19. The SMILES string of the molecule is CC(C)c1cccc(NC(=O)c2c(O)cn(-c3ccc(C(C)(C)C)cc3)c2O)c1. The second kappa shape index (κ2) is 7.66. The highest BCUT2D eigenvalue weighted by Gasteiger charge is 2.23. The van der Waals surface area contributed by atoms with Crippen molar-refractivity contribution >= 4 is 11.6 Å². The van der Waals surface area contributed by atoms with Crippen molar-refractivity contribution in [1.29, 1.82) is 0 Å². The number of hydrogen-bond donors (Lipinski definition) is 3. The van der Waals surface area contributed by atoms with Crippen molar-refractivity contribution in [3.05, 3.63) is 71.4 Å². The lowest BCUT2D eigenvalue weighted by Gasteiger charge is -2.19. The van der Waals surface area contributed by atoms with Gasteiger partial charge in [-0.05, 0) is 46.7 Å². The van der Waals surface area contributed by atoms with Gasteiger partial charge in [-0.1, -0.05) is 58.9 Å². The predicted molar refractivity (Wildman–Crippen MR) is 116 cm³/mol. The summed E-state index contributed by atoms with van der Waals surface area (Å²) in [5.41, 5.74) is 3.37. The Kier molecular flexibility index (Phi) is 5.42. The molecule has 0 atom stereocenters. The number of carbonyl (C=O) groups excluding carboxylic acids is 1. The minimum Gasteiger partial charge on any atom is -0.505 e. The Hall–Kier alpha value is -3.21. The lowest BCUT2D eigenvalue weighted by Crippen LogP contribution is -2.12. The maximum absolute atomic E-state index is 12.7. The monoisotopic (exact) mass is 392 g/mol. The van der Waals surface area contributed by atoms with Crippen molar-refractivity contribution < 1.29 is 15.0 Å². The summed E-state index contributed by atoms with van der Waals surface area (Å²) in [5, 5.41) is 23.7. The fraction of sp³-hybridized carbons (Fsp3) is 0.292. The van der Waals surface area contributed by atoms with Crippen LogP contribution in [0.4, 0.5) is 5.69 Å². The summed E-state index contributed by atoms with van der Waals surface area (Å²) in [4.78, 5) is 12.7. The van der Waals surface area contributed by atoms with Crippen molar-refractivity contribution in [2.24, 2.45) is 0 Å². The molecule has 5 nitrogen and oxygen atoms in total. The van der Waals surface area contributed by atoms with Crippen molar-refractivity contribution in [3.8, 4) is 17.3 Å². The summed E-state index contributed by atoms with van der Waals surface area (Å²) in [6, 6.07) is 15.2. The van der Waals surface area contributed by atoms with E-state index in [1.807, 2.05) is 42.5 Å². The Labute approximate surface area is 171 Å². The molecule has 0 saturated heterocycles. The first-order chi connectivity index (χ1) is 13.6. The maximum atomic E-state index is 12.7. The van der Waals surface area contributed by atoms with Gasteiger partial charge in [-0.2, -0.15) is 0 Å². The molecule has 0 aliphatic rings. The Morgan fingerprint density at radius 3 is 2.28 bits per heavy atom. The standard InChI is InChI=1S/C24H28N2O3/c1-15(2)16-7-6-8-18(13-16)25-22(28)21-20(27)14-26(23(21)29)19-11-9-17(10-12-19)24(3,4)5/h6-15,27,29H,1-5H3,(H,25,28). The van der Waals surface area contributed by atoms with Gasteiger partial charge in [0.1, 0.15) is 11.3 Å². The fourth-order valence-corrected chi connectivity index (χ4v) is 3.19. The smallest absolute Gasteiger partial charge is 0.264 e. The summed E-state index contributed by atoms with van der Waals surface area (Å²) in [6.45, 7) is 10.5. The Morgan fingerprint density at radius 1 is 1.03 bits per heavy atom. The molecular weight excluding hydrogens is 364 g/mol. The van der Waals surface area contributed by atoms with E-state index in [0.717, 1.165) is 11.1 Å². The molecule has 2 aromatic carbocycles. The molecule has 0 radical (unpaired) electrons. The van der Waals surface area contributed by atoms with Crippen LogP contribution in [0, 0.1) is 0 Å². The van der Waals surface area contributed by atoms with Gasteiger partial charge in [0, 0.05) is 11.4 Å². The van der Waals surface area contributed by atoms with Crippen LogP contribution < -0.4 is 5.32 Å². The minimum atomic E-state index is -0.564. The van der Waals surface area contributed by atoms with Crippen LogP contribution in [-0.2, 0) is 5.41 Å². The lowest BCUT2D eigenvalue weighted by atomic mass is 9.87. The van der Waals surface area contributed by atoms with E-state index in [2.05, 4.69) is 39.9 Å². The van der Waals surface area contributed by atoms with E-state index < -0.39 is 5.91 Å². The van der Waals surface area contributed by atoms with Gasteiger partial charge < -0.3 is 15.5 Å². The maximum Gasteiger partial charge on any atom is 0.264 e. The molecule has 0 spiro atoms. The zero-order valence-electron chi connectivity index (χ0n) is 17.5. The molecule has 0 bridgehead atoms. The quantitative estimate of drug-likeness (QED) is 0.544. The largest absolute Gasteiger partial charge is 0.505 e. The molecule has 1 amide bonds. The zero-order valence-corrected chi connectivity index (χ0v) is 17.5. The number of hydrogen-bond acceptors (Lipinski definition) is 3. The first kappa shape index (κ1) is 20.5. The number of carbonyl (C=O) groups is 1. The molecule has 1 aromatic heterocycles. The lowest BCUT2D eigenvalue weighted by molar-refractivity contribution is 0.102. The highest BCUT2D eigenvalue weighted by molar-refractivity contribution is 6.08. The van der Waals surface area contributed by atoms with Crippen molar-refractivity contribution in [2.75, 3.05) is 5.32 Å². The summed E-state index contributed by atoms with van der Waals surface area (Å²) >= 11 is 0. The van der Waals surface area contributed by atoms with Crippen LogP contribution in [0.3, 0.4) is 0 Å². The first-order valence-electron chi connectivity index (χ1n) is 9.73. The molecule has 0 unspecified atom stereocenters. The molecule has 3 N–H and O–H groups in total. The number of aromatic hydroxyl groups is 2. The summed E-state index contributed by atoms with van der Waals surface area (Å²) in [6.07, 6.45) is 1.35. The van der Waals surface area contributed by atoms with Gasteiger partial charge >= 0.3 is 0 Å². The van der Waals surface area contributed by atoms with Crippen LogP contribution in [0.1, 0.15) is 62.0 Å². The molecule has 1 heterocycles. The third-order valence-electron chi connectivity index (χ3n) is 5.01. The van der Waals surface area contributed by atoms with E-state index in [1.165, 1.54) is 10.8 Å². The molecule has 3 aromatic rings. The molecule has 5 heteroatoms. The number of benzene rings is 2. The summed E-state index contributed by atoms with van der Waals surface area (Å²) in [5.74, 6) is -0.819. The van der Waals surface area contributed by atoms with Crippen LogP contribution in [0.25, 0.3) is 5.69 Å². The number of nitrogens with one attached hydrogen (secondary N) is 1. The van der Waals surface area contributed by atoms with E-state index in [9.17, 15) is 15.0 Å². The number of anilines is 1. The highest BCUT2D eigenvalue weighted by atomic mass is 16.3. The highest BCUT2D eigenvalue weighted by Crippen LogP contribution is 2.34. The minimum absolute atomic E-state index is 0.00890. The molecular formula is C24H28N2O3. The van der Waals surface area contributed by atoms with E-state index >= 15 is 0 Å². The van der Waals surface area contributed by atoms with Gasteiger partial charge in [-0.3, -0.25) is 9.36 Å². The van der Waals surface area contributed by atoms with Gasteiger partial charge in [-0.25, -0.2) is 0 Å². The van der Waals surface area contributed by atoms with E-state index in [1.54, 1.807) is 6.07 Å². The van der Waals surface area contributed by atoms with Crippen molar-refractivity contribution in [2.45, 2.75) is 46.0 Å². The third-order valence-corrected chi connectivity index (χ3v) is 5.01. The Morgan fingerprint density at radius 2 is 1.69 bits per heavy atom. The average Bonchev–Trinajstić information content (AvgIpc) is 2.95. The predicted octanol–water partition coefficient (Wildman–Crippen LogP) is 5.56. The average molecular weight is 392 g/mol. The van der Waals surface area contributed by atoms with Crippen molar-refractivity contribution in [3.63, 3.8) is 0 Å². The second-order valence-corrected chi connectivity index (χ2v) is 8.61. The first-order valence-corrected chi connectivity index (χ1v) is 9.73. The summed E-state index contributed by atoms with van der Waals surface area (Å²) < 4.78 is 1.40. The van der Waals surface area contributed by atoms with E-state index in [4.69, 9.17) is 0 Å². The summed E-state index contributed by atoms with van der Waals surface area (Å²) in [7, 11) is 0. The van der Waals surface area contributed by atoms with Gasteiger partial charge in [0.2, 0.25) is 5.88 Å². The molecule has 0 aliphatic heterocycles. The number of aromatic nitrogens is 1. The van der Waals surface area contributed by atoms with Crippen LogP contribution in [0.15, 0.2) is 54.7 Å². The van der Waals surface area contributed by atoms with Crippen molar-refractivity contribution in [1.82, 2.24) is 4.57 Å². The zero-order chi connectivity index (χ0) is 21.3. The van der Waals surface area contributed by atoms with Crippen LogP contribution >= 0.6 is 0 Å². The molecule has 152 valence electrons. The molecule has 0 saturated carbocycles. The number of amides is 1. The Balaban J connectivity index is 1.89. The van der Waals surface area contributed by atoms with Gasteiger partial charge in [0.05, 0.1) is 6.20 Å². The van der Waals surface area contributed by atoms with Crippen LogP contribution in [0.2, 0.25) is 0 Å². The Bertz CT molecular complexity index is 1030. The van der Waals surface area contributed by atoms with Crippen LogP contribution in [-0.4, -0.2) is 20.7 Å². The van der Waals surface area contributed by atoms with Gasteiger partial charge in [0.25, 0.3) is 5.91 Å². The molecule has 0 fully saturated rings. The molecule has 0 aliphatic carbocycles. The van der Waals surface area contributed by atoms with E-state index in [-0.39, 0.29) is 22.6 Å². The number of nitrogens with zero attached hydrogens (tertiary/aromatic N) is 1. The van der Waals surface area contributed by atoms with E-state index in [0.29, 0.717) is 17.3 Å².